The van der Waals surface area contributed by atoms with Crippen LogP contribution in [-0.2, 0) is 0 Å². The summed E-state index contributed by atoms with van der Waals surface area (Å²) in [4.78, 5) is 0. The van der Waals surface area contributed by atoms with Gasteiger partial charge in [-0.25, -0.2) is 0 Å². The van der Waals surface area contributed by atoms with Crippen LogP contribution in [0.25, 0.3) is 0 Å². The molecule has 1 rings (SSSR count). The molecule has 1 heteroatoms. The van der Waals surface area contributed by atoms with Gasteiger partial charge >= 0.3 is 0 Å². The molecule has 0 bridgehead atoms. The van der Waals surface area contributed by atoms with Gasteiger partial charge in [0.1, 0.15) is 0 Å². The number of hydrogen-bond donors (Lipinski definition) is 0. The van der Waals surface area contributed by atoms with E-state index in [9.17, 15) is 5.26 Å². The molecule has 0 N–H and O–H groups in total. The average molecular weight is 207 g/mol. The van der Waals surface area contributed by atoms with Crippen LogP contribution in [0.4, 0.5) is 0 Å². The fourth-order valence-corrected chi connectivity index (χ4v) is 2.86. The molecule has 0 aliphatic heterocycles. The summed E-state index contributed by atoms with van der Waals surface area (Å²) in [6.07, 6.45) is 11.2. The first-order valence-electron chi connectivity index (χ1n) is 6.67. The molecular formula is C14H25N. The third kappa shape index (κ3) is 3.52. The van der Waals surface area contributed by atoms with Crippen LogP contribution in [0.1, 0.15) is 71.6 Å². The Labute approximate surface area is 94.9 Å². The van der Waals surface area contributed by atoms with E-state index < -0.39 is 0 Å². The first-order valence-corrected chi connectivity index (χ1v) is 6.67. The van der Waals surface area contributed by atoms with Gasteiger partial charge in [0.2, 0.25) is 0 Å². The molecule has 0 aromatic heterocycles. The minimum atomic E-state index is 0.0639. The largest absolute Gasteiger partial charge is 0.198 e. The molecule has 0 amide bonds. The fraction of sp³-hybridized carbons (Fsp3) is 0.929. The topological polar surface area (TPSA) is 23.8 Å². The number of unbranched alkanes of at least 4 members (excludes halogenated alkanes) is 3. The van der Waals surface area contributed by atoms with Crippen LogP contribution in [0.5, 0.6) is 0 Å². The van der Waals surface area contributed by atoms with Crippen LogP contribution in [0.2, 0.25) is 0 Å². The van der Waals surface area contributed by atoms with Crippen LogP contribution in [0, 0.1) is 22.7 Å². The second-order valence-corrected chi connectivity index (χ2v) is 5.22. The highest BCUT2D eigenvalue weighted by Gasteiger charge is 2.37. The van der Waals surface area contributed by atoms with E-state index in [4.69, 9.17) is 0 Å². The van der Waals surface area contributed by atoms with Crippen molar-refractivity contribution < 1.29 is 0 Å². The molecule has 0 aromatic rings. The highest BCUT2D eigenvalue weighted by molar-refractivity contribution is 5.03. The van der Waals surface area contributed by atoms with E-state index in [0.717, 1.165) is 18.8 Å². The summed E-state index contributed by atoms with van der Waals surface area (Å²) < 4.78 is 0. The van der Waals surface area contributed by atoms with Gasteiger partial charge < -0.3 is 0 Å². The van der Waals surface area contributed by atoms with E-state index >= 15 is 0 Å². The van der Waals surface area contributed by atoms with Crippen molar-refractivity contribution in [2.45, 2.75) is 71.6 Å². The van der Waals surface area contributed by atoms with Gasteiger partial charge in [0, 0.05) is 0 Å². The van der Waals surface area contributed by atoms with E-state index in [1.807, 2.05) is 0 Å². The smallest absolute Gasteiger partial charge is 0.0689 e. The Kier molecular flexibility index (Phi) is 5.15. The maximum atomic E-state index is 9.34. The summed E-state index contributed by atoms with van der Waals surface area (Å²) in [6.45, 7) is 4.50. The maximum absolute atomic E-state index is 9.34. The molecule has 2 unspecified atom stereocenters. The van der Waals surface area contributed by atoms with Gasteiger partial charge in [-0.1, -0.05) is 46.0 Å². The molecule has 0 saturated heterocycles. The Bertz CT molecular complexity index is 216. The monoisotopic (exact) mass is 207 g/mol. The summed E-state index contributed by atoms with van der Waals surface area (Å²) in [6, 6.07) is 2.62. The SMILES string of the molecule is CCCCCCC1(C#N)CCC(CC)C1. The molecule has 0 radical (unpaired) electrons. The van der Waals surface area contributed by atoms with Crippen molar-refractivity contribution >= 4 is 0 Å². The van der Waals surface area contributed by atoms with Crippen molar-refractivity contribution in [3.8, 4) is 6.07 Å². The van der Waals surface area contributed by atoms with Crippen LogP contribution >= 0.6 is 0 Å². The Hall–Kier alpha value is -0.510. The Morgan fingerprint density at radius 2 is 2.07 bits per heavy atom. The predicted molar refractivity (Wildman–Crippen MR) is 64.4 cm³/mol. The zero-order valence-corrected chi connectivity index (χ0v) is 10.4. The molecule has 0 spiro atoms. The molecule has 1 aliphatic carbocycles. The molecule has 0 heterocycles. The van der Waals surface area contributed by atoms with Crippen LogP contribution in [0.15, 0.2) is 0 Å². The molecule has 1 aliphatic rings. The summed E-state index contributed by atoms with van der Waals surface area (Å²) in [5, 5.41) is 9.34. The molecule has 2 atom stereocenters. The molecule has 1 saturated carbocycles. The lowest BCUT2D eigenvalue weighted by molar-refractivity contribution is 0.339. The van der Waals surface area contributed by atoms with Gasteiger partial charge in [0.15, 0.2) is 0 Å². The van der Waals surface area contributed by atoms with Gasteiger partial charge in [0.05, 0.1) is 11.5 Å². The van der Waals surface area contributed by atoms with Crippen molar-refractivity contribution in [3.05, 3.63) is 0 Å². The molecule has 1 nitrogen and oxygen atoms in total. The molecule has 0 aromatic carbocycles. The molecule has 86 valence electrons. The van der Waals surface area contributed by atoms with Gasteiger partial charge in [0.25, 0.3) is 0 Å². The summed E-state index contributed by atoms with van der Waals surface area (Å²) in [5.74, 6) is 0.829. The van der Waals surface area contributed by atoms with Gasteiger partial charge in [-0.3, -0.25) is 0 Å². The van der Waals surface area contributed by atoms with Crippen molar-refractivity contribution in [2.75, 3.05) is 0 Å². The number of nitrogens with zero attached hydrogens (tertiary/aromatic N) is 1. The van der Waals surface area contributed by atoms with E-state index in [-0.39, 0.29) is 5.41 Å². The zero-order chi connectivity index (χ0) is 11.1. The first kappa shape index (κ1) is 12.6. The fourth-order valence-electron chi connectivity index (χ4n) is 2.86. The van der Waals surface area contributed by atoms with E-state index in [0.29, 0.717) is 0 Å². The quantitative estimate of drug-likeness (QED) is 0.580. The van der Waals surface area contributed by atoms with E-state index in [2.05, 4.69) is 19.9 Å². The Balaban J connectivity index is 2.32. The number of hydrogen-bond acceptors (Lipinski definition) is 1. The third-order valence-corrected chi connectivity index (χ3v) is 4.03. The highest BCUT2D eigenvalue weighted by Crippen LogP contribution is 2.46. The minimum Gasteiger partial charge on any atom is -0.198 e. The standard InChI is InChI=1S/C14H25N/c1-3-5-6-7-9-14(12-15)10-8-13(4-2)11-14/h13H,3-11H2,1-2H3. The molecule has 1 fully saturated rings. The highest BCUT2D eigenvalue weighted by atomic mass is 14.4. The average Bonchev–Trinajstić information content (AvgIpc) is 2.69. The van der Waals surface area contributed by atoms with Crippen molar-refractivity contribution in [2.24, 2.45) is 11.3 Å². The van der Waals surface area contributed by atoms with Crippen molar-refractivity contribution in [1.29, 1.82) is 5.26 Å². The van der Waals surface area contributed by atoms with Crippen LogP contribution in [-0.4, -0.2) is 0 Å². The molecular weight excluding hydrogens is 182 g/mol. The van der Waals surface area contributed by atoms with Crippen molar-refractivity contribution in [3.63, 3.8) is 0 Å². The second-order valence-electron chi connectivity index (χ2n) is 5.22. The Morgan fingerprint density at radius 3 is 2.60 bits per heavy atom. The van der Waals surface area contributed by atoms with Crippen LogP contribution < -0.4 is 0 Å². The lowest BCUT2D eigenvalue weighted by atomic mass is 9.81. The summed E-state index contributed by atoms with van der Waals surface area (Å²) in [5.41, 5.74) is 0.0639. The molecule has 15 heavy (non-hydrogen) atoms. The van der Waals surface area contributed by atoms with E-state index in [1.54, 1.807) is 0 Å². The third-order valence-electron chi connectivity index (χ3n) is 4.03. The zero-order valence-electron chi connectivity index (χ0n) is 10.4. The maximum Gasteiger partial charge on any atom is 0.0689 e. The van der Waals surface area contributed by atoms with Gasteiger partial charge in [-0.05, 0) is 31.6 Å². The lowest BCUT2D eigenvalue weighted by Crippen LogP contribution is -2.14. The Morgan fingerprint density at radius 1 is 1.27 bits per heavy atom. The van der Waals surface area contributed by atoms with Gasteiger partial charge in [-0.2, -0.15) is 5.26 Å². The van der Waals surface area contributed by atoms with Gasteiger partial charge in [-0.15, -0.1) is 0 Å². The van der Waals surface area contributed by atoms with Crippen molar-refractivity contribution in [1.82, 2.24) is 0 Å². The van der Waals surface area contributed by atoms with E-state index in [1.165, 1.54) is 44.9 Å². The first-order chi connectivity index (χ1) is 7.26. The summed E-state index contributed by atoms with van der Waals surface area (Å²) in [7, 11) is 0. The second kappa shape index (κ2) is 6.16. The van der Waals surface area contributed by atoms with Crippen LogP contribution in [0.3, 0.4) is 0 Å². The number of rotatable bonds is 6. The normalized spacial score (nSPS) is 30.3. The number of nitriles is 1. The predicted octanol–water partition coefficient (Wildman–Crippen LogP) is 4.68. The summed E-state index contributed by atoms with van der Waals surface area (Å²) >= 11 is 0. The lowest BCUT2D eigenvalue weighted by Gasteiger charge is -2.20. The minimum absolute atomic E-state index is 0.0639.